The molecule has 2 rings (SSSR count). The minimum absolute atomic E-state index is 0.00475. The van der Waals surface area contributed by atoms with E-state index in [4.69, 9.17) is 0 Å². The van der Waals surface area contributed by atoms with Gasteiger partial charge in [0.25, 0.3) is 5.91 Å². The van der Waals surface area contributed by atoms with E-state index in [1.165, 1.54) is 18.2 Å². The molecule has 1 atom stereocenters. The molecule has 0 bridgehead atoms. The topological polar surface area (TPSA) is 61.9 Å². The number of likely N-dealkylation sites (N-methyl/N-ethyl adjacent to an activating group) is 2. The van der Waals surface area contributed by atoms with Crippen molar-refractivity contribution in [2.24, 2.45) is 5.92 Å². The second-order valence-electron chi connectivity index (χ2n) is 6.33. The van der Waals surface area contributed by atoms with Gasteiger partial charge in [-0.05, 0) is 32.0 Å². The van der Waals surface area contributed by atoms with E-state index in [1.54, 1.807) is 22.9 Å². The second kappa shape index (κ2) is 9.47. The van der Waals surface area contributed by atoms with Crippen molar-refractivity contribution in [1.82, 2.24) is 15.1 Å². The molecule has 1 heterocycles. The SMILES string of the molecule is CNCCN(C)C(=O)C1CCCN(C(=O)c2ccccc2OC(F)F)C1. The molecule has 8 heteroatoms. The van der Waals surface area contributed by atoms with Crippen molar-refractivity contribution in [1.29, 1.82) is 0 Å². The molecule has 1 aliphatic rings. The first-order valence-electron chi connectivity index (χ1n) is 8.66. The predicted molar refractivity (Wildman–Crippen MR) is 93.3 cm³/mol. The van der Waals surface area contributed by atoms with E-state index in [0.29, 0.717) is 32.5 Å². The van der Waals surface area contributed by atoms with E-state index in [-0.39, 0.29) is 29.7 Å². The summed E-state index contributed by atoms with van der Waals surface area (Å²) in [5, 5.41) is 2.99. The summed E-state index contributed by atoms with van der Waals surface area (Å²) in [6.45, 7) is -0.947. The number of para-hydroxylation sites is 1. The Hall–Kier alpha value is -2.22. The maximum absolute atomic E-state index is 12.8. The van der Waals surface area contributed by atoms with Gasteiger partial charge in [0.05, 0.1) is 11.5 Å². The number of carbonyl (C=O) groups excluding carboxylic acids is 2. The number of amides is 2. The van der Waals surface area contributed by atoms with Gasteiger partial charge in [0, 0.05) is 33.2 Å². The summed E-state index contributed by atoms with van der Waals surface area (Å²) in [5.41, 5.74) is 0.0874. The molecule has 1 aliphatic heterocycles. The molecule has 0 saturated carbocycles. The van der Waals surface area contributed by atoms with Gasteiger partial charge in [-0.15, -0.1) is 0 Å². The minimum atomic E-state index is -3.00. The van der Waals surface area contributed by atoms with Crippen molar-refractivity contribution in [2.45, 2.75) is 19.5 Å². The Morgan fingerprint density at radius 2 is 2.12 bits per heavy atom. The van der Waals surface area contributed by atoms with Crippen LogP contribution in [0.3, 0.4) is 0 Å². The lowest BCUT2D eigenvalue weighted by molar-refractivity contribution is -0.135. The molecule has 1 saturated heterocycles. The molecule has 1 aromatic rings. The Morgan fingerprint density at radius 3 is 2.81 bits per heavy atom. The number of hydrogen-bond acceptors (Lipinski definition) is 4. The first-order valence-corrected chi connectivity index (χ1v) is 8.66. The minimum Gasteiger partial charge on any atom is -0.434 e. The highest BCUT2D eigenvalue weighted by molar-refractivity contribution is 5.97. The fraction of sp³-hybridized carbons (Fsp3) is 0.556. The number of halogens is 2. The zero-order valence-corrected chi connectivity index (χ0v) is 15.1. The summed E-state index contributed by atoms with van der Waals surface area (Å²) >= 11 is 0. The molecule has 1 fully saturated rings. The van der Waals surface area contributed by atoms with Crippen LogP contribution in [0.2, 0.25) is 0 Å². The molecule has 1 aromatic carbocycles. The quantitative estimate of drug-likeness (QED) is 0.796. The van der Waals surface area contributed by atoms with Gasteiger partial charge < -0.3 is 19.9 Å². The highest BCUT2D eigenvalue weighted by Crippen LogP contribution is 2.25. The fourth-order valence-corrected chi connectivity index (χ4v) is 3.08. The predicted octanol–water partition coefficient (Wildman–Crippen LogP) is 1.82. The number of benzene rings is 1. The molecule has 1 N–H and O–H groups in total. The molecule has 0 aliphatic carbocycles. The average molecular weight is 369 g/mol. The lowest BCUT2D eigenvalue weighted by atomic mass is 9.96. The molecule has 6 nitrogen and oxygen atoms in total. The number of likely N-dealkylation sites (tertiary alicyclic amines) is 1. The molecule has 1 unspecified atom stereocenters. The van der Waals surface area contributed by atoms with Crippen molar-refractivity contribution in [3.63, 3.8) is 0 Å². The van der Waals surface area contributed by atoms with Crippen LogP contribution < -0.4 is 10.1 Å². The van der Waals surface area contributed by atoms with Crippen molar-refractivity contribution < 1.29 is 23.1 Å². The van der Waals surface area contributed by atoms with E-state index in [0.717, 1.165) is 0 Å². The third-order valence-electron chi connectivity index (χ3n) is 4.46. The lowest BCUT2D eigenvalue weighted by Gasteiger charge is -2.34. The van der Waals surface area contributed by atoms with E-state index in [2.05, 4.69) is 10.1 Å². The smallest absolute Gasteiger partial charge is 0.387 e. The standard InChI is InChI=1S/C18H25F2N3O3/c1-21-9-11-22(2)16(24)13-6-5-10-23(12-13)17(25)14-7-3-4-8-15(14)26-18(19)20/h3-4,7-8,13,18,21H,5-6,9-12H2,1-2H3. The number of carbonyl (C=O) groups is 2. The normalized spacial score (nSPS) is 17.3. The Labute approximate surface area is 152 Å². The van der Waals surface area contributed by atoms with Gasteiger partial charge in [-0.25, -0.2) is 0 Å². The first kappa shape index (κ1) is 20.1. The van der Waals surface area contributed by atoms with E-state index in [9.17, 15) is 18.4 Å². The van der Waals surface area contributed by atoms with Gasteiger partial charge in [0.1, 0.15) is 5.75 Å². The maximum Gasteiger partial charge on any atom is 0.387 e. The van der Waals surface area contributed by atoms with Crippen LogP contribution in [-0.2, 0) is 4.79 Å². The van der Waals surface area contributed by atoms with Crippen molar-refractivity contribution in [2.75, 3.05) is 40.3 Å². The van der Waals surface area contributed by atoms with Gasteiger partial charge in [-0.3, -0.25) is 9.59 Å². The highest BCUT2D eigenvalue weighted by atomic mass is 19.3. The molecule has 0 aromatic heterocycles. The van der Waals surface area contributed by atoms with Crippen LogP contribution in [0, 0.1) is 5.92 Å². The zero-order chi connectivity index (χ0) is 19.1. The third-order valence-corrected chi connectivity index (χ3v) is 4.46. The summed E-state index contributed by atoms with van der Waals surface area (Å²) in [7, 11) is 3.56. The molecule has 2 amide bonds. The highest BCUT2D eigenvalue weighted by Gasteiger charge is 2.31. The summed E-state index contributed by atoms with van der Waals surface area (Å²) in [6.07, 6.45) is 1.40. The molecule has 26 heavy (non-hydrogen) atoms. The largest absolute Gasteiger partial charge is 0.434 e. The summed E-state index contributed by atoms with van der Waals surface area (Å²) in [5.74, 6) is -0.823. The van der Waals surface area contributed by atoms with Gasteiger partial charge in [-0.1, -0.05) is 12.1 Å². The number of rotatable bonds is 7. The van der Waals surface area contributed by atoms with Crippen LogP contribution in [0.25, 0.3) is 0 Å². The van der Waals surface area contributed by atoms with E-state index < -0.39 is 12.5 Å². The van der Waals surface area contributed by atoms with Gasteiger partial charge >= 0.3 is 6.61 Å². The third kappa shape index (κ3) is 5.14. The van der Waals surface area contributed by atoms with Crippen LogP contribution in [0.1, 0.15) is 23.2 Å². The summed E-state index contributed by atoms with van der Waals surface area (Å²) < 4.78 is 29.6. The van der Waals surface area contributed by atoms with E-state index in [1.807, 2.05) is 7.05 Å². The van der Waals surface area contributed by atoms with Crippen LogP contribution >= 0.6 is 0 Å². The van der Waals surface area contributed by atoms with Crippen LogP contribution in [-0.4, -0.2) is 68.5 Å². The Kier molecular flexibility index (Phi) is 7.32. The maximum atomic E-state index is 12.8. The number of nitrogens with one attached hydrogen (secondary N) is 1. The van der Waals surface area contributed by atoms with Gasteiger partial charge in [0.15, 0.2) is 0 Å². The average Bonchev–Trinajstić information content (AvgIpc) is 2.65. The van der Waals surface area contributed by atoms with Crippen LogP contribution in [0.5, 0.6) is 5.75 Å². The Bertz CT molecular complexity index is 627. The number of piperidine rings is 1. The molecule has 0 radical (unpaired) electrons. The van der Waals surface area contributed by atoms with Crippen LogP contribution in [0.4, 0.5) is 8.78 Å². The second-order valence-corrected chi connectivity index (χ2v) is 6.33. The molecular weight excluding hydrogens is 344 g/mol. The first-order chi connectivity index (χ1) is 12.4. The van der Waals surface area contributed by atoms with Crippen molar-refractivity contribution in [3.8, 4) is 5.75 Å². The number of hydrogen-bond donors (Lipinski definition) is 1. The molecule has 144 valence electrons. The molecular formula is C18H25F2N3O3. The Balaban J connectivity index is 2.07. The van der Waals surface area contributed by atoms with Crippen molar-refractivity contribution in [3.05, 3.63) is 29.8 Å². The number of alkyl halides is 2. The zero-order valence-electron chi connectivity index (χ0n) is 15.1. The molecule has 0 spiro atoms. The number of ether oxygens (including phenoxy) is 1. The fourth-order valence-electron chi connectivity index (χ4n) is 3.08. The van der Waals surface area contributed by atoms with Crippen LogP contribution in [0.15, 0.2) is 24.3 Å². The van der Waals surface area contributed by atoms with Crippen molar-refractivity contribution >= 4 is 11.8 Å². The summed E-state index contributed by atoms with van der Waals surface area (Å²) in [6, 6.07) is 5.94. The van der Waals surface area contributed by atoms with Gasteiger partial charge in [-0.2, -0.15) is 8.78 Å². The van der Waals surface area contributed by atoms with Gasteiger partial charge in [0.2, 0.25) is 5.91 Å². The summed E-state index contributed by atoms with van der Waals surface area (Å²) in [4.78, 5) is 28.5. The van der Waals surface area contributed by atoms with E-state index >= 15 is 0 Å². The Morgan fingerprint density at radius 1 is 1.38 bits per heavy atom. The lowest BCUT2D eigenvalue weighted by Crippen LogP contribution is -2.46. The monoisotopic (exact) mass is 369 g/mol. The number of nitrogens with zero attached hydrogens (tertiary/aromatic N) is 2.